The first-order valence-corrected chi connectivity index (χ1v) is 3.75. The molecule has 1 amide bonds. The summed E-state index contributed by atoms with van der Waals surface area (Å²) in [7, 11) is 0. The van der Waals surface area contributed by atoms with Gasteiger partial charge in [0.05, 0.1) is 0 Å². The van der Waals surface area contributed by atoms with Crippen LogP contribution in [0.15, 0.2) is 18.3 Å². The Bertz CT molecular complexity index is 290. The summed E-state index contributed by atoms with van der Waals surface area (Å²) in [4.78, 5) is 14.2. The van der Waals surface area contributed by atoms with Crippen molar-refractivity contribution < 1.29 is 9.90 Å². The van der Waals surface area contributed by atoms with Crippen molar-refractivity contribution in [3.63, 3.8) is 0 Å². The Morgan fingerprint density at radius 3 is 3.00 bits per heavy atom. The lowest BCUT2D eigenvalue weighted by atomic mass is 10.4. The summed E-state index contributed by atoms with van der Waals surface area (Å²) in [5.74, 6) is -1.05. The van der Waals surface area contributed by atoms with Crippen molar-refractivity contribution in [1.29, 1.82) is 0 Å². The molecule has 1 heterocycles. The SMILES string of the molecule is [O]c1ncccc1NC(=O)CCl. The van der Waals surface area contributed by atoms with Crippen molar-refractivity contribution >= 4 is 23.2 Å². The van der Waals surface area contributed by atoms with Gasteiger partial charge in [-0.3, -0.25) is 9.90 Å². The smallest absolute Gasteiger partial charge is 0.293 e. The lowest BCUT2D eigenvalue weighted by Crippen LogP contribution is -2.12. The highest BCUT2D eigenvalue weighted by Crippen LogP contribution is 2.18. The maximum atomic E-state index is 10.9. The first kappa shape index (κ1) is 8.80. The molecule has 0 spiro atoms. The van der Waals surface area contributed by atoms with E-state index in [0.29, 0.717) is 0 Å². The second-order valence-electron chi connectivity index (χ2n) is 2.04. The van der Waals surface area contributed by atoms with E-state index in [2.05, 4.69) is 10.3 Å². The van der Waals surface area contributed by atoms with Crippen molar-refractivity contribution in [2.45, 2.75) is 0 Å². The van der Waals surface area contributed by atoms with Gasteiger partial charge in [0.1, 0.15) is 11.6 Å². The first-order valence-electron chi connectivity index (χ1n) is 3.22. The third-order valence-corrected chi connectivity index (χ3v) is 1.41. The predicted molar refractivity (Wildman–Crippen MR) is 43.7 cm³/mol. The average molecular weight is 186 g/mol. The predicted octanol–water partition coefficient (Wildman–Crippen LogP) is 1.40. The van der Waals surface area contributed by atoms with Crippen LogP contribution in [-0.2, 0) is 9.90 Å². The number of anilines is 1. The monoisotopic (exact) mass is 185 g/mol. The van der Waals surface area contributed by atoms with Gasteiger partial charge >= 0.3 is 0 Å². The number of pyridine rings is 1. The lowest BCUT2D eigenvalue weighted by Gasteiger charge is -2.00. The van der Waals surface area contributed by atoms with Crippen LogP contribution in [0.5, 0.6) is 5.88 Å². The number of carbonyl (C=O) groups is 1. The molecule has 1 radical (unpaired) electrons. The standard InChI is InChI=1S/C7H6ClN2O2/c8-4-6(11)10-5-2-1-3-9-7(5)12/h1-3H,4H2,(H,10,11). The molecule has 4 nitrogen and oxygen atoms in total. The lowest BCUT2D eigenvalue weighted by molar-refractivity contribution is -0.113. The number of halogens is 1. The van der Waals surface area contributed by atoms with Gasteiger partial charge in [-0.1, -0.05) is 0 Å². The number of amides is 1. The fourth-order valence-corrected chi connectivity index (χ4v) is 0.736. The van der Waals surface area contributed by atoms with Crippen molar-refractivity contribution in [3.05, 3.63) is 18.3 Å². The van der Waals surface area contributed by atoms with E-state index in [1.54, 1.807) is 6.07 Å². The molecule has 0 bridgehead atoms. The number of aromatic nitrogens is 1. The number of nitrogens with one attached hydrogen (secondary N) is 1. The van der Waals surface area contributed by atoms with E-state index in [4.69, 9.17) is 11.6 Å². The molecule has 0 saturated heterocycles. The molecule has 0 atom stereocenters. The Morgan fingerprint density at radius 2 is 2.42 bits per heavy atom. The molecule has 0 saturated carbocycles. The average Bonchev–Trinajstić information content (AvgIpc) is 2.09. The van der Waals surface area contributed by atoms with Crippen LogP contribution in [0.4, 0.5) is 5.69 Å². The number of hydrogen-bond acceptors (Lipinski definition) is 2. The quantitative estimate of drug-likeness (QED) is 0.708. The minimum Gasteiger partial charge on any atom is -0.320 e. The molecule has 0 aliphatic rings. The summed E-state index contributed by atoms with van der Waals surface area (Å²) in [6.45, 7) is 0. The van der Waals surface area contributed by atoms with Crippen LogP contribution in [0.2, 0.25) is 0 Å². The molecule has 1 aromatic heterocycles. The number of alkyl halides is 1. The summed E-state index contributed by atoms with van der Waals surface area (Å²) >= 11 is 5.22. The summed E-state index contributed by atoms with van der Waals surface area (Å²) < 4.78 is 0. The van der Waals surface area contributed by atoms with E-state index >= 15 is 0 Å². The summed E-state index contributed by atoms with van der Waals surface area (Å²) in [5, 5.41) is 13.2. The molecule has 5 heteroatoms. The zero-order valence-corrected chi connectivity index (χ0v) is 6.84. The maximum Gasteiger partial charge on any atom is 0.293 e. The molecule has 0 unspecified atom stereocenters. The van der Waals surface area contributed by atoms with Crippen LogP contribution in [-0.4, -0.2) is 16.8 Å². The fraction of sp³-hybridized carbons (Fsp3) is 0.143. The summed E-state index contributed by atoms with van der Waals surface area (Å²) in [6.07, 6.45) is 1.36. The van der Waals surface area contributed by atoms with Gasteiger partial charge in [0.15, 0.2) is 0 Å². The zero-order chi connectivity index (χ0) is 8.97. The molecule has 0 aliphatic carbocycles. The highest BCUT2D eigenvalue weighted by molar-refractivity contribution is 6.29. The zero-order valence-electron chi connectivity index (χ0n) is 6.08. The third kappa shape index (κ3) is 2.10. The molecule has 0 aromatic carbocycles. The van der Waals surface area contributed by atoms with Crippen LogP contribution < -0.4 is 5.32 Å². The summed E-state index contributed by atoms with van der Waals surface area (Å²) in [6, 6.07) is 3.03. The number of rotatable bonds is 2. The molecule has 1 N–H and O–H groups in total. The fourth-order valence-electron chi connectivity index (χ4n) is 0.670. The van der Waals surface area contributed by atoms with Crippen LogP contribution >= 0.6 is 11.6 Å². The van der Waals surface area contributed by atoms with Crippen LogP contribution in [0.3, 0.4) is 0 Å². The van der Waals surface area contributed by atoms with E-state index in [9.17, 15) is 9.90 Å². The molecule has 12 heavy (non-hydrogen) atoms. The van der Waals surface area contributed by atoms with Gasteiger partial charge in [0, 0.05) is 6.20 Å². The van der Waals surface area contributed by atoms with Gasteiger partial charge < -0.3 is 5.32 Å². The Morgan fingerprint density at radius 1 is 1.67 bits per heavy atom. The number of carbonyl (C=O) groups excluding carboxylic acids is 1. The third-order valence-electron chi connectivity index (χ3n) is 1.17. The van der Waals surface area contributed by atoms with E-state index in [-0.39, 0.29) is 11.6 Å². The van der Waals surface area contributed by atoms with Crippen molar-refractivity contribution in [1.82, 2.24) is 4.98 Å². The van der Waals surface area contributed by atoms with Gasteiger partial charge in [0.25, 0.3) is 5.88 Å². The van der Waals surface area contributed by atoms with Crippen LogP contribution in [0.25, 0.3) is 0 Å². The highest BCUT2D eigenvalue weighted by atomic mass is 35.5. The normalized spacial score (nSPS) is 9.42. The van der Waals surface area contributed by atoms with E-state index in [1.807, 2.05) is 0 Å². The molecule has 1 aromatic rings. The minimum atomic E-state index is -0.462. The highest BCUT2D eigenvalue weighted by Gasteiger charge is 2.05. The number of hydrogen-bond donors (Lipinski definition) is 1. The van der Waals surface area contributed by atoms with Crippen LogP contribution in [0, 0.1) is 0 Å². The van der Waals surface area contributed by atoms with Crippen LogP contribution in [0.1, 0.15) is 0 Å². The Labute approximate surface area is 74.2 Å². The molecule has 0 fully saturated rings. The second-order valence-corrected chi connectivity index (χ2v) is 2.31. The molecule has 63 valence electrons. The van der Waals surface area contributed by atoms with Crippen molar-refractivity contribution in [2.24, 2.45) is 0 Å². The van der Waals surface area contributed by atoms with Gasteiger partial charge in [-0.15, -0.1) is 11.6 Å². The molecule has 0 aliphatic heterocycles. The Kier molecular flexibility index (Phi) is 2.88. The first-order chi connectivity index (χ1) is 5.74. The molecular formula is C7H6ClN2O2. The van der Waals surface area contributed by atoms with Crippen molar-refractivity contribution in [3.8, 4) is 5.88 Å². The maximum absolute atomic E-state index is 10.9. The van der Waals surface area contributed by atoms with E-state index < -0.39 is 11.8 Å². The number of nitrogens with zero attached hydrogens (tertiary/aromatic N) is 1. The molecular weight excluding hydrogens is 180 g/mol. The van der Waals surface area contributed by atoms with Gasteiger partial charge in [0.2, 0.25) is 5.91 Å². The Hall–Kier alpha value is -1.29. The van der Waals surface area contributed by atoms with Gasteiger partial charge in [-0.05, 0) is 12.1 Å². The van der Waals surface area contributed by atoms with Crippen molar-refractivity contribution in [2.75, 3.05) is 11.2 Å². The second kappa shape index (κ2) is 3.92. The molecule has 1 rings (SSSR count). The van der Waals surface area contributed by atoms with E-state index in [0.717, 1.165) is 0 Å². The topological polar surface area (TPSA) is 61.9 Å². The van der Waals surface area contributed by atoms with Gasteiger partial charge in [-0.25, -0.2) is 4.98 Å². The minimum absolute atomic E-state index is 0.156. The van der Waals surface area contributed by atoms with E-state index in [1.165, 1.54) is 12.3 Å². The van der Waals surface area contributed by atoms with Gasteiger partial charge in [-0.2, -0.15) is 0 Å². The Balaban J connectivity index is 2.75. The largest absolute Gasteiger partial charge is 0.320 e. The summed E-state index contributed by atoms with van der Waals surface area (Å²) in [5.41, 5.74) is 0.156.